The number of aliphatic hydroxyl groups excluding tert-OH is 2. The highest BCUT2D eigenvalue weighted by molar-refractivity contribution is 5.84. The van der Waals surface area contributed by atoms with Gasteiger partial charge >= 0.3 is 0 Å². The number of imidazole rings is 1. The monoisotopic (exact) mass is 514 g/mol. The van der Waals surface area contributed by atoms with Crippen molar-refractivity contribution in [3.8, 4) is 0 Å². The second-order valence-corrected chi connectivity index (χ2v) is 10.1. The van der Waals surface area contributed by atoms with Crippen LogP contribution in [0.3, 0.4) is 0 Å². The van der Waals surface area contributed by atoms with Gasteiger partial charge in [-0.25, -0.2) is 4.98 Å². The van der Waals surface area contributed by atoms with Crippen LogP contribution in [0.5, 0.6) is 0 Å². The van der Waals surface area contributed by atoms with E-state index in [0.717, 1.165) is 44.2 Å². The summed E-state index contributed by atoms with van der Waals surface area (Å²) in [5, 5.41) is 32.7. The van der Waals surface area contributed by atoms with E-state index in [1.54, 1.807) is 17.0 Å². The molecule has 0 spiro atoms. The Bertz CT molecular complexity index is 1190. The van der Waals surface area contributed by atoms with Gasteiger partial charge < -0.3 is 35.8 Å². The van der Waals surface area contributed by atoms with Crippen molar-refractivity contribution >= 4 is 22.9 Å². The number of hydrogen-bond acceptors (Lipinski definition) is 11. The molecule has 2 fully saturated rings. The number of hydrogen-bond donors (Lipinski definition) is 5. The van der Waals surface area contributed by atoms with Crippen molar-refractivity contribution in [2.24, 2.45) is 5.73 Å². The maximum absolute atomic E-state index is 11.0. The minimum Gasteiger partial charge on any atom is -0.387 e. The zero-order valence-corrected chi connectivity index (χ0v) is 21.7. The molecule has 202 valence electrons. The average molecular weight is 515 g/mol. The SMILES string of the molecule is CCc1cc([C@H]2O[C@@H](n3cnc4c(NC(CC)CC)nc(N[C@H]5CC[C@H](N)CC5)nc43)[C@H](O)[C@@H]2O)on1. The molecule has 2 aliphatic rings. The van der Waals surface area contributed by atoms with Crippen molar-refractivity contribution in [2.45, 2.75) is 108 Å². The Hall–Kier alpha value is -2.80. The van der Waals surface area contributed by atoms with Crippen molar-refractivity contribution in [1.29, 1.82) is 0 Å². The molecule has 3 aromatic heterocycles. The summed E-state index contributed by atoms with van der Waals surface area (Å²) in [7, 11) is 0. The predicted molar refractivity (Wildman–Crippen MR) is 138 cm³/mol. The van der Waals surface area contributed by atoms with Gasteiger partial charge in [-0.1, -0.05) is 25.9 Å². The van der Waals surface area contributed by atoms with Gasteiger partial charge in [-0.3, -0.25) is 4.57 Å². The molecule has 0 unspecified atom stereocenters. The lowest BCUT2D eigenvalue weighted by molar-refractivity contribution is -0.0434. The van der Waals surface area contributed by atoms with E-state index in [1.807, 2.05) is 6.92 Å². The standard InChI is InChI=1S/C25H38N8O4/c1-4-14(5-2)28-22-18-23(31-25(30-22)29-16-9-7-13(26)8-10-16)33(12-27-18)24-20(35)19(34)21(36-24)17-11-15(6-3)32-37-17/h11-14,16,19-21,24,34-35H,4-10,26H2,1-3H3,(H2,28,29,30,31)/t13-,16-,19-,20+,21+,24+/m0/s1. The van der Waals surface area contributed by atoms with Crippen LogP contribution < -0.4 is 16.4 Å². The van der Waals surface area contributed by atoms with Gasteiger partial charge in [-0.15, -0.1) is 0 Å². The number of anilines is 2. The fraction of sp³-hybridized carbons (Fsp3) is 0.680. The molecule has 12 heteroatoms. The fourth-order valence-corrected chi connectivity index (χ4v) is 5.15. The van der Waals surface area contributed by atoms with Crippen molar-refractivity contribution in [3.63, 3.8) is 0 Å². The number of nitrogens with two attached hydrogens (primary N) is 1. The first kappa shape index (κ1) is 25.8. The molecule has 5 rings (SSSR count). The lowest BCUT2D eigenvalue weighted by Crippen LogP contribution is -2.33. The summed E-state index contributed by atoms with van der Waals surface area (Å²) in [6, 6.07) is 2.44. The van der Waals surface area contributed by atoms with Crippen LogP contribution in [0.25, 0.3) is 11.2 Å². The van der Waals surface area contributed by atoms with Crippen molar-refractivity contribution in [2.75, 3.05) is 10.6 Å². The normalized spacial score (nSPS) is 28.3. The number of rotatable bonds is 9. The van der Waals surface area contributed by atoms with Gasteiger partial charge in [0.15, 0.2) is 29.0 Å². The Kier molecular flexibility index (Phi) is 7.61. The number of aromatic nitrogens is 5. The summed E-state index contributed by atoms with van der Waals surface area (Å²) in [4.78, 5) is 14.1. The molecule has 4 heterocycles. The highest BCUT2D eigenvalue weighted by atomic mass is 16.6. The zero-order chi connectivity index (χ0) is 26.1. The number of nitrogens with one attached hydrogen (secondary N) is 2. The third-order valence-electron chi connectivity index (χ3n) is 7.59. The van der Waals surface area contributed by atoms with Gasteiger partial charge in [0.25, 0.3) is 0 Å². The topological polar surface area (TPSA) is 169 Å². The number of aliphatic hydroxyl groups is 2. The van der Waals surface area contributed by atoms with E-state index >= 15 is 0 Å². The maximum Gasteiger partial charge on any atom is 0.227 e. The molecule has 0 amide bonds. The maximum atomic E-state index is 11.0. The first-order valence-electron chi connectivity index (χ1n) is 13.4. The quantitative estimate of drug-likeness (QED) is 0.284. The Morgan fingerprint density at radius 1 is 1.11 bits per heavy atom. The third-order valence-corrected chi connectivity index (χ3v) is 7.59. The first-order chi connectivity index (χ1) is 17.9. The fourth-order valence-electron chi connectivity index (χ4n) is 5.15. The smallest absolute Gasteiger partial charge is 0.227 e. The molecule has 3 aromatic rings. The van der Waals surface area contributed by atoms with E-state index < -0.39 is 24.5 Å². The van der Waals surface area contributed by atoms with Crippen LogP contribution in [-0.4, -0.2) is 65.2 Å². The highest BCUT2D eigenvalue weighted by Crippen LogP contribution is 2.40. The van der Waals surface area contributed by atoms with E-state index in [0.29, 0.717) is 35.1 Å². The molecular formula is C25H38N8O4. The van der Waals surface area contributed by atoms with E-state index in [9.17, 15) is 10.2 Å². The van der Waals surface area contributed by atoms with Crippen LogP contribution in [0.1, 0.15) is 83.1 Å². The van der Waals surface area contributed by atoms with Gasteiger partial charge in [0.2, 0.25) is 5.95 Å². The second-order valence-electron chi connectivity index (χ2n) is 10.1. The Morgan fingerprint density at radius 3 is 2.54 bits per heavy atom. The van der Waals surface area contributed by atoms with Crippen molar-refractivity contribution < 1.29 is 19.5 Å². The van der Waals surface area contributed by atoms with Crippen LogP contribution in [0.2, 0.25) is 0 Å². The van der Waals surface area contributed by atoms with E-state index in [2.05, 4.69) is 34.6 Å². The van der Waals surface area contributed by atoms with Crippen LogP contribution in [0.4, 0.5) is 11.8 Å². The molecule has 0 aromatic carbocycles. The molecule has 1 saturated carbocycles. The third kappa shape index (κ3) is 5.15. The van der Waals surface area contributed by atoms with Gasteiger partial charge in [0.1, 0.15) is 18.3 Å². The summed E-state index contributed by atoms with van der Waals surface area (Å²) in [6.45, 7) is 6.21. The largest absolute Gasteiger partial charge is 0.387 e. The summed E-state index contributed by atoms with van der Waals surface area (Å²) in [6.07, 6.45) is 3.74. The summed E-state index contributed by atoms with van der Waals surface area (Å²) in [5.41, 5.74) is 7.91. The number of ether oxygens (including phenoxy) is 1. The molecule has 37 heavy (non-hydrogen) atoms. The molecule has 1 aliphatic heterocycles. The molecule has 4 atom stereocenters. The molecule has 12 nitrogen and oxygen atoms in total. The van der Waals surface area contributed by atoms with Gasteiger partial charge in [-0.2, -0.15) is 9.97 Å². The van der Waals surface area contributed by atoms with E-state index in [1.165, 1.54) is 0 Å². The molecule has 0 radical (unpaired) electrons. The molecule has 6 N–H and O–H groups in total. The van der Waals surface area contributed by atoms with E-state index in [4.69, 9.17) is 25.0 Å². The Balaban J connectivity index is 1.48. The van der Waals surface area contributed by atoms with Crippen molar-refractivity contribution in [1.82, 2.24) is 24.7 Å². The molecule has 0 bridgehead atoms. The minimum absolute atomic E-state index is 0.225. The van der Waals surface area contributed by atoms with Crippen LogP contribution in [0, 0.1) is 0 Å². The summed E-state index contributed by atoms with van der Waals surface area (Å²) < 4.78 is 13.2. The van der Waals surface area contributed by atoms with Gasteiger partial charge in [0.05, 0.1) is 12.0 Å². The highest BCUT2D eigenvalue weighted by Gasteiger charge is 2.47. The Morgan fingerprint density at radius 2 is 1.86 bits per heavy atom. The Labute approximate surface area is 216 Å². The summed E-state index contributed by atoms with van der Waals surface area (Å²) >= 11 is 0. The lowest BCUT2D eigenvalue weighted by atomic mass is 9.92. The first-order valence-corrected chi connectivity index (χ1v) is 13.4. The van der Waals surface area contributed by atoms with Gasteiger partial charge in [-0.05, 0) is 44.9 Å². The zero-order valence-electron chi connectivity index (χ0n) is 21.7. The second kappa shape index (κ2) is 10.9. The van der Waals surface area contributed by atoms with E-state index in [-0.39, 0.29) is 18.1 Å². The molecule has 1 saturated heterocycles. The lowest BCUT2D eigenvalue weighted by Gasteiger charge is -2.27. The van der Waals surface area contributed by atoms with Crippen LogP contribution >= 0.6 is 0 Å². The molecular weight excluding hydrogens is 476 g/mol. The van der Waals surface area contributed by atoms with Crippen molar-refractivity contribution in [3.05, 3.63) is 23.8 Å². The van der Waals surface area contributed by atoms with Crippen LogP contribution in [0.15, 0.2) is 16.9 Å². The predicted octanol–water partition coefficient (Wildman–Crippen LogP) is 2.65. The number of nitrogens with zero attached hydrogens (tertiary/aromatic N) is 5. The average Bonchev–Trinajstić information content (AvgIpc) is 3.62. The number of fused-ring (bicyclic) bond motifs is 1. The minimum atomic E-state index is -1.22. The van der Waals surface area contributed by atoms with Crippen LogP contribution in [-0.2, 0) is 11.2 Å². The van der Waals surface area contributed by atoms with Gasteiger partial charge in [0, 0.05) is 24.2 Å². The molecule has 1 aliphatic carbocycles. The number of aryl methyl sites for hydroxylation is 1. The summed E-state index contributed by atoms with van der Waals surface area (Å²) in [5.74, 6) is 1.48.